The molecule has 0 unspecified atom stereocenters. The van der Waals surface area contributed by atoms with Gasteiger partial charge in [0.1, 0.15) is 0 Å². The third-order valence-corrected chi connectivity index (χ3v) is 6.54. The van der Waals surface area contributed by atoms with Gasteiger partial charge in [-0.1, -0.05) is 0 Å². The number of urea groups is 1. The van der Waals surface area contributed by atoms with E-state index in [1.165, 1.54) is 4.90 Å². The van der Waals surface area contributed by atoms with Gasteiger partial charge in [0, 0.05) is 70.1 Å². The largest absolute Gasteiger partial charge is 0.340 e. The minimum atomic E-state index is -2.64. The smallest absolute Gasteiger partial charge is 0.317 e. The van der Waals surface area contributed by atoms with Gasteiger partial charge in [0.05, 0.1) is 0 Å². The van der Waals surface area contributed by atoms with Gasteiger partial charge in [-0.2, -0.15) is 0 Å². The van der Waals surface area contributed by atoms with Gasteiger partial charge in [-0.15, -0.1) is 0 Å². The van der Waals surface area contributed by atoms with Crippen molar-refractivity contribution < 1.29 is 18.4 Å². The van der Waals surface area contributed by atoms with E-state index < -0.39 is 5.92 Å². The maximum Gasteiger partial charge on any atom is 0.317 e. The highest BCUT2D eigenvalue weighted by Gasteiger charge is 2.37. The first kappa shape index (κ1) is 21.3. The van der Waals surface area contributed by atoms with Crippen LogP contribution < -0.4 is 5.32 Å². The van der Waals surface area contributed by atoms with E-state index in [0.29, 0.717) is 6.04 Å². The summed E-state index contributed by atoms with van der Waals surface area (Å²) in [5, 5.41) is 2.98. The average Bonchev–Trinajstić information content (AvgIpc) is 2.68. The molecular weight excluding hydrogens is 366 g/mol. The van der Waals surface area contributed by atoms with Crippen molar-refractivity contribution in [3.05, 3.63) is 0 Å². The number of likely N-dealkylation sites (tertiary alicyclic amines) is 1. The standard InChI is InChI=1S/C20H34F2N4O2/c1-15(2)24-11-13-25(14-12-24)18(27)16-3-5-17(6-4-16)23-19(28)26-9-7-20(21,22)8-10-26/h15-17H,3-14H2,1-2H3,(H,23,28). The molecule has 2 aliphatic heterocycles. The Morgan fingerprint density at radius 2 is 1.46 bits per heavy atom. The van der Waals surface area contributed by atoms with Gasteiger partial charge < -0.3 is 15.1 Å². The molecule has 3 amide bonds. The van der Waals surface area contributed by atoms with Crippen LogP contribution in [-0.2, 0) is 4.79 Å². The summed E-state index contributed by atoms with van der Waals surface area (Å²) in [6.45, 7) is 8.04. The lowest BCUT2D eigenvalue weighted by Gasteiger charge is -2.39. The van der Waals surface area contributed by atoms with Crippen molar-refractivity contribution in [2.24, 2.45) is 5.92 Å². The SMILES string of the molecule is CC(C)N1CCN(C(=O)C2CCC(NC(=O)N3CCC(F)(F)CC3)CC2)CC1. The summed E-state index contributed by atoms with van der Waals surface area (Å²) in [6.07, 6.45) is 2.60. The number of amides is 3. The van der Waals surface area contributed by atoms with Crippen LogP contribution in [0.25, 0.3) is 0 Å². The summed E-state index contributed by atoms with van der Waals surface area (Å²) in [4.78, 5) is 31.0. The van der Waals surface area contributed by atoms with Crippen LogP contribution >= 0.6 is 0 Å². The first-order valence-corrected chi connectivity index (χ1v) is 10.7. The number of hydrogen-bond donors (Lipinski definition) is 1. The molecular formula is C20H34F2N4O2. The molecule has 3 fully saturated rings. The number of alkyl halides is 2. The molecule has 2 saturated heterocycles. The third-order valence-electron chi connectivity index (χ3n) is 6.54. The first-order valence-electron chi connectivity index (χ1n) is 10.7. The van der Waals surface area contributed by atoms with Crippen LogP contribution in [0.3, 0.4) is 0 Å². The Bertz CT molecular complexity index is 546. The molecule has 2 heterocycles. The van der Waals surface area contributed by atoms with Gasteiger partial charge in [-0.25, -0.2) is 13.6 Å². The van der Waals surface area contributed by atoms with Crippen molar-refractivity contribution >= 4 is 11.9 Å². The topological polar surface area (TPSA) is 55.9 Å². The lowest BCUT2D eigenvalue weighted by molar-refractivity contribution is -0.138. The lowest BCUT2D eigenvalue weighted by Crippen LogP contribution is -2.53. The number of nitrogens with zero attached hydrogens (tertiary/aromatic N) is 3. The van der Waals surface area contributed by atoms with Crippen molar-refractivity contribution in [2.45, 2.75) is 70.4 Å². The average molecular weight is 401 g/mol. The Hall–Kier alpha value is -1.44. The zero-order chi connectivity index (χ0) is 20.3. The van der Waals surface area contributed by atoms with E-state index in [0.717, 1.165) is 51.9 Å². The second kappa shape index (κ2) is 8.93. The number of piperazine rings is 1. The molecule has 28 heavy (non-hydrogen) atoms. The normalized spacial score (nSPS) is 29.0. The number of carbonyl (C=O) groups excluding carboxylic acids is 2. The van der Waals surface area contributed by atoms with E-state index >= 15 is 0 Å². The Morgan fingerprint density at radius 1 is 0.893 bits per heavy atom. The predicted molar refractivity (Wildman–Crippen MR) is 103 cm³/mol. The maximum absolute atomic E-state index is 13.2. The van der Waals surface area contributed by atoms with Crippen LogP contribution in [0.15, 0.2) is 0 Å². The fraction of sp³-hybridized carbons (Fsp3) is 0.900. The molecule has 0 bridgehead atoms. The fourth-order valence-electron chi connectivity index (χ4n) is 4.50. The van der Waals surface area contributed by atoms with E-state index in [-0.39, 0.29) is 49.8 Å². The molecule has 0 aromatic heterocycles. The molecule has 8 heteroatoms. The Morgan fingerprint density at radius 3 is 2.00 bits per heavy atom. The van der Waals surface area contributed by atoms with Gasteiger partial charge >= 0.3 is 6.03 Å². The van der Waals surface area contributed by atoms with Crippen LogP contribution in [0, 0.1) is 5.92 Å². The van der Waals surface area contributed by atoms with Gasteiger partial charge in [0.2, 0.25) is 5.91 Å². The van der Waals surface area contributed by atoms with Crippen LogP contribution in [-0.4, -0.2) is 83.9 Å². The zero-order valence-corrected chi connectivity index (χ0v) is 17.1. The Kier molecular flexibility index (Phi) is 6.78. The molecule has 1 saturated carbocycles. The summed E-state index contributed by atoms with van der Waals surface area (Å²) in [6, 6.07) is 0.314. The third kappa shape index (κ3) is 5.33. The maximum atomic E-state index is 13.2. The summed E-state index contributed by atoms with van der Waals surface area (Å²) in [7, 11) is 0. The van der Waals surface area contributed by atoms with Crippen molar-refractivity contribution in [1.82, 2.24) is 20.0 Å². The highest BCUT2D eigenvalue weighted by atomic mass is 19.3. The van der Waals surface area contributed by atoms with Crippen LogP contribution in [0.4, 0.5) is 13.6 Å². The van der Waals surface area contributed by atoms with Crippen molar-refractivity contribution in [1.29, 1.82) is 0 Å². The van der Waals surface area contributed by atoms with Gasteiger partial charge in [0.25, 0.3) is 5.92 Å². The number of carbonyl (C=O) groups is 2. The molecule has 0 aromatic rings. The molecule has 0 aromatic carbocycles. The van der Waals surface area contributed by atoms with Crippen molar-refractivity contribution in [3.63, 3.8) is 0 Å². The second-order valence-electron chi connectivity index (χ2n) is 8.80. The summed E-state index contributed by atoms with van der Waals surface area (Å²) in [5.41, 5.74) is 0. The van der Waals surface area contributed by atoms with Crippen LogP contribution in [0.1, 0.15) is 52.4 Å². The molecule has 160 valence electrons. The number of piperidine rings is 1. The van der Waals surface area contributed by atoms with Crippen LogP contribution in [0.2, 0.25) is 0 Å². The molecule has 0 spiro atoms. The monoisotopic (exact) mass is 400 g/mol. The van der Waals surface area contributed by atoms with Crippen LogP contribution in [0.5, 0.6) is 0 Å². The zero-order valence-electron chi connectivity index (χ0n) is 17.1. The van der Waals surface area contributed by atoms with Gasteiger partial charge in [-0.05, 0) is 39.5 Å². The van der Waals surface area contributed by atoms with E-state index in [2.05, 4.69) is 24.1 Å². The fourth-order valence-corrected chi connectivity index (χ4v) is 4.50. The summed E-state index contributed by atoms with van der Waals surface area (Å²) in [5.74, 6) is -2.34. The van der Waals surface area contributed by atoms with Crippen molar-refractivity contribution in [3.8, 4) is 0 Å². The molecule has 1 aliphatic carbocycles. The van der Waals surface area contributed by atoms with Gasteiger partial charge in [0.15, 0.2) is 0 Å². The number of nitrogens with one attached hydrogen (secondary N) is 1. The second-order valence-corrected chi connectivity index (χ2v) is 8.80. The summed E-state index contributed by atoms with van der Waals surface area (Å²) < 4.78 is 26.5. The van der Waals surface area contributed by atoms with E-state index in [4.69, 9.17) is 0 Å². The molecule has 3 rings (SSSR count). The first-order chi connectivity index (χ1) is 13.2. The molecule has 0 radical (unpaired) electrons. The van der Waals surface area contributed by atoms with Crippen molar-refractivity contribution in [2.75, 3.05) is 39.3 Å². The van der Waals surface area contributed by atoms with E-state index in [1.807, 2.05) is 4.90 Å². The summed E-state index contributed by atoms with van der Waals surface area (Å²) >= 11 is 0. The minimum absolute atomic E-state index is 0.0387. The molecule has 6 nitrogen and oxygen atoms in total. The van der Waals surface area contributed by atoms with E-state index in [1.54, 1.807) is 0 Å². The molecule has 1 N–H and O–H groups in total. The van der Waals surface area contributed by atoms with Gasteiger partial charge in [-0.3, -0.25) is 9.69 Å². The highest BCUT2D eigenvalue weighted by molar-refractivity contribution is 5.79. The Balaban J connectivity index is 1.38. The highest BCUT2D eigenvalue weighted by Crippen LogP contribution is 2.29. The Labute approximate surface area is 166 Å². The lowest BCUT2D eigenvalue weighted by atomic mass is 9.85. The molecule has 3 aliphatic rings. The minimum Gasteiger partial charge on any atom is -0.340 e. The quantitative estimate of drug-likeness (QED) is 0.792. The molecule has 0 atom stereocenters. The number of hydrogen-bond acceptors (Lipinski definition) is 3. The number of rotatable bonds is 3. The van der Waals surface area contributed by atoms with E-state index in [9.17, 15) is 18.4 Å². The number of halogens is 2. The predicted octanol–water partition coefficient (Wildman–Crippen LogP) is 2.54.